The van der Waals surface area contributed by atoms with Gasteiger partial charge in [-0.2, -0.15) is 0 Å². The van der Waals surface area contributed by atoms with Gasteiger partial charge in [-0.15, -0.1) is 0 Å². The summed E-state index contributed by atoms with van der Waals surface area (Å²) in [5.74, 6) is -0.240. The Morgan fingerprint density at radius 2 is 2.29 bits per heavy atom. The molecule has 5 heteroatoms. The minimum atomic E-state index is -0.240. The maximum Gasteiger partial charge on any atom is 0.253 e. The molecule has 1 amide bonds. The maximum absolute atomic E-state index is 11.9. The molecular formula is C12H17ClN2O2. The molecule has 0 radical (unpaired) electrons. The third-order valence-corrected chi connectivity index (χ3v) is 2.80. The molecule has 1 atom stereocenters. The van der Waals surface area contributed by atoms with Gasteiger partial charge >= 0.3 is 0 Å². The summed E-state index contributed by atoms with van der Waals surface area (Å²) in [6.07, 6.45) is 1.38. The van der Waals surface area contributed by atoms with Gasteiger partial charge in [-0.1, -0.05) is 17.7 Å². The molecule has 0 saturated heterocycles. The highest BCUT2D eigenvalue weighted by Crippen LogP contribution is 2.22. The Kier molecular flexibility index (Phi) is 5.25. The van der Waals surface area contributed by atoms with Gasteiger partial charge in [0.05, 0.1) is 16.3 Å². The van der Waals surface area contributed by atoms with Crippen molar-refractivity contribution in [2.45, 2.75) is 25.8 Å². The highest BCUT2D eigenvalue weighted by atomic mass is 35.5. The summed E-state index contributed by atoms with van der Waals surface area (Å²) >= 11 is 5.84. The number of aliphatic hydroxyl groups is 1. The van der Waals surface area contributed by atoms with Crippen LogP contribution in [0.2, 0.25) is 5.02 Å². The first-order valence-corrected chi connectivity index (χ1v) is 5.89. The summed E-state index contributed by atoms with van der Waals surface area (Å²) in [7, 11) is 0. The molecule has 0 aliphatic heterocycles. The number of hydrogen-bond acceptors (Lipinski definition) is 3. The number of nitrogen functional groups attached to an aromatic ring is 1. The summed E-state index contributed by atoms with van der Waals surface area (Å²) in [5.41, 5.74) is 6.40. The summed E-state index contributed by atoms with van der Waals surface area (Å²) in [5, 5.41) is 11.9. The predicted octanol–water partition coefficient (Wildman–Crippen LogP) is 1.81. The number of carbonyl (C=O) groups excluding carboxylic acids is 1. The zero-order valence-corrected chi connectivity index (χ0v) is 10.5. The van der Waals surface area contributed by atoms with Gasteiger partial charge in [0, 0.05) is 12.6 Å². The van der Waals surface area contributed by atoms with E-state index in [0.29, 0.717) is 22.7 Å². The van der Waals surface area contributed by atoms with Crippen LogP contribution in [0.4, 0.5) is 5.69 Å². The molecule has 1 aromatic carbocycles. The van der Waals surface area contributed by atoms with E-state index in [9.17, 15) is 4.79 Å². The number of para-hydroxylation sites is 1. The number of nitrogens with two attached hydrogens (primary N) is 1. The molecule has 1 aromatic rings. The summed E-state index contributed by atoms with van der Waals surface area (Å²) < 4.78 is 0. The van der Waals surface area contributed by atoms with E-state index in [4.69, 9.17) is 22.4 Å². The van der Waals surface area contributed by atoms with Gasteiger partial charge < -0.3 is 16.2 Å². The standard InChI is InChI=1S/C12H17ClN2O2/c1-8(4-3-7-16)15-12(17)9-5-2-6-10(13)11(9)14/h2,5-6,8,16H,3-4,7,14H2,1H3,(H,15,17). The molecule has 4 nitrogen and oxygen atoms in total. The fourth-order valence-corrected chi connectivity index (χ4v) is 1.68. The summed E-state index contributed by atoms with van der Waals surface area (Å²) in [6.45, 7) is 2.01. The van der Waals surface area contributed by atoms with Crippen LogP contribution in [-0.2, 0) is 0 Å². The first-order chi connectivity index (χ1) is 8.06. The van der Waals surface area contributed by atoms with Crippen LogP contribution in [0.15, 0.2) is 18.2 Å². The van der Waals surface area contributed by atoms with E-state index in [-0.39, 0.29) is 18.6 Å². The predicted molar refractivity (Wildman–Crippen MR) is 69.1 cm³/mol. The van der Waals surface area contributed by atoms with Gasteiger partial charge in [-0.3, -0.25) is 4.79 Å². The van der Waals surface area contributed by atoms with E-state index < -0.39 is 0 Å². The van der Waals surface area contributed by atoms with Crippen molar-refractivity contribution in [2.24, 2.45) is 0 Å². The SMILES string of the molecule is CC(CCCO)NC(=O)c1cccc(Cl)c1N. The minimum Gasteiger partial charge on any atom is -0.397 e. The highest BCUT2D eigenvalue weighted by Gasteiger charge is 2.13. The molecule has 0 spiro atoms. The quantitative estimate of drug-likeness (QED) is 0.704. The number of anilines is 1. The summed E-state index contributed by atoms with van der Waals surface area (Å²) in [6, 6.07) is 4.96. The van der Waals surface area contributed by atoms with Crippen molar-refractivity contribution in [1.29, 1.82) is 0 Å². The van der Waals surface area contributed by atoms with Gasteiger partial charge in [-0.05, 0) is 31.9 Å². The number of benzene rings is 1. The second-order valence-corrected chi connectivity index (χ2v) is 4.35. The normalized spacial score (nSPS) is 12.2. The topological polar surface area (TPSA) is 75.3 Å². The van der Waals surface area contributed by atoms with Gasteiger partial charge in [0.25, 0.3) is 5.91 Å². The maximum atomic E-state index is 11.9. The zero-order valence-electron chi connectivity index (χ0n) is 9.74. The molecule has 1 rings (SSSR count). The minimum absolute atomic E-state index is 0.00645. The van der Waals surface area contributed by atoms with Crippen LogP contribution >= 0.6 is 11.6 Å². The molecule has 0 heterocycles. The average molecular weight is 257 g/mol. The molecule has 0 saturated carbocycles. The van der Waals surface area contributed by atoms with Crippen LogP contribution in [0.1, 0.15) is 30.1 Å². The molecule has 0 fully saturated rings. The van der Waals surface area contributed by atoms with Crippen molar-refractivity contribution in [3.05, 3.63) is 28.8 Å². The molecule has 1 unspecified atom stereocenters. The van der Waals surface area contributed by atoms with E-state index in [1.165, 1.54) is 0 Å². The van der Waals surface area contributed by atoms with E-state index in [1.807, 2.05) is 6.92 Å². The number of rotatable bonds is 5. The van der Waals surface area contributed by atoms with Crippen molar-refractivity contribution in [3.8, 4) is 0 Å². The fraction of sp³-hybridized carbons (Fsp3) is 0.417. The second-order valence-electron chi connectivity index (χ2n) is 3.94. The molecule has 0 aliphatic carbocycles. The van der Waals surface area contributed by atoms with Crippen LogP contribution < -0.4 is 11.1 Å². The van der Waals surface area contributed by atoms with Gasteiger partial charge in [0.1, 0.15) is 0 Å². The molecule has 0 bridgehead atoms. The van der Waals surface area contributed by atoms with Crippen LogP contribution in [0.3, 0.4) is 0 Å². The number of hydrogen-bond donors (Lipinski definition) is 3. The zero-order chi connectivity index (χ0) is 12.8. The van der Waals surface area contributed by atoms with Crippen LogP contribution in [0.5, 0.6) is 0 Å². The summed E-state index contributed by atoms with van der Waals surface area (Å²) in [4.78, 5) is 11.9. The lowest BCUT2D eigenvalue weighted by Crippen LogP contribution is -2.33. The van der Waals surface area contributed by atoms with E-state index in [0.717, 1.165) is 6.42 Å². The second kappa shape index (κ2) is 6.47. The van der Waals surface area contributed by atoms with E-state index >= 15 is 0 Å². The molecule has 94 valence electrons. The third-order valence-electron chi connectivity index (χ3n) is 2.47. The number of amides is 1. The van der Waals surface area contributed by atoms with Crippen LogP contribution in [-0.4, -0.2) is 23.7 Å². The number of aliphatic hydroxyl groups excluding tert-OH is 1. The van der Waals surface area contributed by atoms with E-state index in [2.05, 4.69) is 5.32 Å². The smallest absolute Gasteiger partial charge is 0.253 e. The van der Waals surface area contributed by atoms with Crippen molar-refractivity contribution in [3.63, 3.8) is 0 Å². The highest BCUT2D eigenvalue weighted by molar-refractivity contribution is 6.33. The molecule has 0 aromatic heterocycles. The molecular weight excluding hydrogens is 240 g/mol. The van der Waals surface area contributed by atoms with Gasteiger partial charge in [-0.25, -0.2) is 0 Å². The number of nitrogens with one attached hydrogen (secondary N) is 1. The first-order valence-electron chi connectivity index (χ1n) is 5.52. The fourth-order valence-electron chi connectivity index (χ4n) is 1.51. The lowest BCUT2D eigenvalue weighted by Gasteiger charge is -2.14. The largest absolute Gasteiger partial charge is 0.397 e. The monoisotopic (exact) mass is 256 g/mol. The number of halogens is 1. The van der Waals surface area contributed by atoms with Crippen molar-refractivity contribution in [2.75, 3.05) is 12.3 Å². The van der Waals surface area contributed by atoms with Gasteiger partial charge in [0.15, 0.2) is 0 Å². The van der Waals surface area contributed by atoms with Crippen LogP contribution in [0.25, 0.3) is 0 Å². The number of carbonyl (C=O) groups is 1. The lowest BCUT2D eigenvalue weighted by atomic mass is 10.1. The van der Waals surface area contributed by atoms with Crippen molar-refractivity contribution < 1.29 is 9.90 Å². The van der Waals surface area contributed by atoms with Crippen molar-refractivity contribution in [1.82, 2.24) is 5.32 Å². The Labute approximate surface area is 106 Å². The third kappa shape index (κ3) is 3.91. The first kappa shape index (κ1) is 13.8. The lowest BCUT2D eigenvalue weighted by molar-refractivity contribution is 0.0937. The van der Waals surface area contributed by atoms with Gasteiger partial charge in [0.2, 0.25) is 0 Å². The Balaban J connectivity index is 2.67. The van der Waals surface area contributed by atoms with E-state index in [1.54, 1.807) is 18.2 Å². The molecule has 0 aliphatic rings. The average Bonchev–Trinajstić information content (AvgIpc) is 2.29. The Morgan fingerprint density at radius 3 is 2.94 bits per heavy atom. The Hall–Kier alpha value is -1.26. The molecule has 17 heavy (non-hydrogen) atoms. The van der Waals surface area contributed by atoms with Crippen LogP contribution in [0, 0.1) is 0 Å². The molecule has 4 N–H and O–H groups in total. The van der Waals surface area contributed by atoms with Crippen molar-refractivity contribution >= 4 is 23.2 Å². The Morgan fingerprint density at radius 1 is 1.59 bits per heavy atom. The Bertz CT molecular complexity index is 396.